The molecular formula is C14H20ClFN2. The van der Waals surface area contributed by atoms with Crippen molar-refractivity contribution >= 4 is 11.6 Å². The first-order valence-corrected chi connectivity index (χ1v) is 6.83. The fourth-order valence-corrected chi connectivity index (χ4v) is 2.93. The van der Waals surface area contributed by atoms with Crippen LogP contribution in [0.5, 0.6) is 0 Å². The van der Waals surface area contributed by atoms with Crippen molar-refractivity contribution in [1.82, 2.24) is 10.2 Å². The summed E-state index contributed by atoms with van der Waals surface area (Å²) in [5.74, 6) is -0.284. The second kappa shape index (κ2) is 6.00. The summed E-state index contributed by atoms with van der Waals surface area (Å²) in [6.45, 7) is 4.31. The number of hydrogen-bond donors (Lipinski definition) is 1. The smallest absolute Gasteiger partial charge is 0.124 e. The first kappa shape index (κ1) is 13.8. The number of likely N-dealkylation sites (tertiary alicyclic amines) is 1. The highest BCUT2D eigenvalue weighted by Gasteiger charge is 2.20. The molecule has 100 valence electrons. The summed E-state index contributed by atoms with van der Waals surface area (Å²) in [6, 6.07) is 5.24. The van der Waals surface area contributed by atoms with Gasteiger partial charge in [0, 0.05) is 23.7 Å². The molecule has 18 heavy (non-hydrogen) atoms. The minimum Gasteiger partial charge on any atom is -0.306 e. The Balaban J connectivity index is 2.00. The normalized spacial score (nSPS) is 23.0. The monoisotopic (exact) mass is 270 g/mol. The summed E-state index contributed by atoms with van der Waals surface area (Å²) in [5, 5.41) is 4.08. The van der Waals surface area contributed by atoms with Crippen molar-refractivity contribution in [2.45, 2.75) is 31.8 Å². The molecule has 2 atom stereocenters. The van der Waals surface area contributed by atoms with Crippen LogP contribution in [-0.4, -0.2) is 31.1 Å². The number of nitrogens with one attached hydrogen (secondary N) is 1. The molecule has 2 nitrogen and oxygen atoms in total. The lowest BCUT2D eigenvalue weighted by atomic mass is 10.0. The van der Waals surface area contributed by atoms with Gasteiger partial charge in [-0.25, -0.2) is 4.39 Å². The molecule has 0 amide bonds. The molecule has 2 rings (SSSR count). The molecule has 1 heterocycles. The number of hydrogen-bond acceptors (Lipinski definition) is 2. The van der Waals surface area contributed by atoms with Crippen LogP contribution in [0.15, 0.2) is 18.2 Å². The van der Waals surface area contributed by atoms with E-state index in [9.17, 15) is 4.39 Å². The Morgan fingerprint density at radius 2 is 2.28 bits per heavy atom. The lowest BCUT2D eigenvalue weighted by molar-refractivity contribution is 0.218. The van der Waals surface area contributed by atoms with Gasteiger partial charge in [0.05, 0.1) is 0 Å². The highest BCUT2D eigenvalue weighted by atomic mass is 35.5. The lowest BCUT2D eigenvalue weighted by Gasteiger charge is -2.32. The van der Waals surface area contributed by atoms with E-state index in [0.29, 0.717) is 11.1 Å². The molecule has 0 bridgehead atoms. The molecule has 0 spiro atoms. The number of benzene rings is 1. The predicted molar refractivity (Wildman–Crippen MR) is 73.5 cm³/mol. The standard InChI is InChI=1S/C14H20ClFN2/c1-10(13-6-5-11(16)8-14(13)15)17-12-4-3-7-18(2)9-12/h5-6,8,10,12,17H,3-4,7,9H2,1-2H3. The molecule has 1 aliphatic heterocycles. The first-order chi connectivity index (χ1) is 8.56. The topological polar surface area (TPSA) is 15.3 Å². The largest absolute Gasteiger partial charge is 0.306 e. The second-order valence-corrected chi connectivity index (χ2v) is 5.56. The van der Waals surface area contributed by atoms with E-state index in [-0.39, 0.29) is 11.9 Å². The Morgan fingerprint density at radius 3 is 2.94 bits per heavy atom. The van der Waals surface area contributed by atoms with Gasteiger partial charge in [-0.05, 0) is 51.1 Å². The summed E-state index contributed by atoms with van der Waals surface area (Å²) < 4.78 is 13.0. The summed E-state index contributed by atoms with van der Waals surface area (Å²) in [6.07, 6.45) is 2.41. The third-order valence-corrected chi connectivity index (χ3v) is 3.87. The van der Waals surface area contributed by atoms with Crippen molar-refractivity contribution in [2.24, 2.45) is 0 Å². The fraction of sp³-hybridized carbons (Fsp3) is 0.571. The molecule has 1 aromatic rings. The molecule has 0 radical (unpaired) electrons. The van der Waals surface area contributed by atoms with Crippen molar-refractivity contribution in [3.63, 3.8) is 0 Å². The Kier molecular flexibility index (Phi) is 4.60. The van der Waals surface area contributed by atoms with Crippen molar-refractivity contribution in [3.8, 4) is 0 Å². The van der Waals surface area contributed by atoms with E-state index in [1.165, 1.54) is 31.5 Å². The Bertz CT molecular complexity index is 411. The Morgan fingerprint density at radius 1 is 1.50 bits per heavy atom. The van der Waals surface area contributed by atoms with Crippen LogP contribution in [0.2, 0.25) is 5.02 Å². The molecule has 0 aliphatic carbocycles. The number of likely N-dealkylation sites (N-methyl/N-ethyl adjacent to an activating group) is 1. The molecule has 1 aromatic carbocycles. The summed E-state index contributed by atoms with van der Waals surface area (Å²) in [4.78, 5) is 2.33. The minimum absolute atomic E-state index is 0.148. The van der Waals surface area contributed by atoms with Crippen LogP contribution < -0.4 is 5.32 Å². The van der Waals surface area contributed by atoms with E-state index in [0.717, 1.165) is 12.1 Å². The van der Waals surface area contributed by atoms with Gasteiger partial charge in [0.1, 0.15) is 5.82 Å². The van der Waals surface area contributed by atoms with Gasteiger partial charge >= 0.3 is 0 Å². The van der Waals surface area contributed by atoms with Crippen LogP contribution in [0.25, 0.3) is 0 Å². The highest BCUT2D eigenvalue weighted by Crippen LogP contribution is 2.24. The molecule has 0 aromatic heterocycles. The maximum atomic E-state index is 13.0. The van der Waals surface area contributed by atoms with Gasteiger partial charge in [-0.3, -0.25) is 0 Å². The van der Waals surface area contributed by atoms with Gasteiger partial charge in [0.2, 0.25) is 0 Å². The van der Waals surface area contributed by atoms with Gasteiger partial charge in [-0.15, -0.1) is 0 Å². The minimum atomic E-state index is -0.284. The van der Waals surface area contributed by atoms with E-state index in [4.69, 9.17) is 11.6 Å². The zero-order valence-electron chi connectivity index (χ0n) is 10.9. The number of piperidine rings is 1. The highest BCUT2D eigenvalue weighted by molar-refractivity contribution is 6.31. The zero-order valence-corrected chi connectivity index (χ0v) is 11.7. The summed E-state index contributed by atoms with van der Waals surface area (Å²) in [5.41, 5.74) is 0.964. The van der Waals surface area contributed by atoms with Crippen LogP contribution in [0.4, 0.5) is 4.39 Å². The number of halogens is 2. The quantitative estimate of drug-likeness (QED) is 0.907. The molecular weight excluding hydrogens is 251 g/mol. The number of nitrogens with zero attached hydrogens (tertiary/aromatic N) is 1. The van der Waals surface area contributed by atoms with Crippen molar-refractivity contribution < 1.29 is 4.39 Å². The van der Waals surface area contributed by atoms with Gasteiger partial charge < -0.3 is 10.2 Å². The zero-order chi connectivity index (χ0) is 13.1. The van der Waals surface area contributed by atoms with E-state index >= 15 is 0 Å². The SMILES string of the molecule is CC(NC1CCCN(C)C1)c1ccc(F)cc1Cl. The van der Waals surface area contributed by atoms with Gasteiger partial charge in [0.25, 0.3) is 0 Å². The molecule has 1 fully saturated rings. The molecule has 4 heteroatoms. The van der Waals surface area contributed by atoms with Crippen LogP contribution in [0.1, 0.15) is 31.4 Å². The van der Waals surface area contributed by atoms with E-state index in [1.807, 2.05) is 0 Å². The van der Waals surface area contributed by atoms with E-state index in [1.54, 1.807) is 6.07 Å². The number of rotatable bonds is 3. The Hall–Kier alpha value is -0.640. The Labute approximate surface area is 113 Å². The van der Waals surface area contributed by atoms with Gasteiger partial charge in [-0.2, -0.15) is 0 Å². The summed E-state index contributed by atoms with van der Waals surface area (Å²) in [7, 11) is 2.14. The van der Waals surface area contributed by atoms with Crippen LogP contribution >= 0.6 is 11.6 Å². The molecule has 1 saturated heterocycles. The second-order valence-electron chi connectivity index (χ2n) is 5.16. The van der Waals surface area contributed by atoms with Crippen LogP contribution in [-0.2, 0) is 0 Å². The van der Waals surface area contributed by atoms with Crippen molar-refractivity contribution in [2.75, 3.05) is 20.1 Å². The average Bonchev–Trinajstić information content (AvgIpc) is 2.28. The predicted octanol–water partition coefficient (Wildman–Crippen LogP) is 3.22. The lowest BCUT2D eigenvalue weighted by Crippen LogP contribution is -2.44. The first-order valence-electron chi connectivity index (χ1n) is 6.46. The molecule has 1 N–H and O–H groups in total. The molecule has 0 saturated carbocycles. The van der Waals surface area contributed by atoms with Gasteiger partial charge in [0.15, 0.2) is 0 Å². The summed E-state index contributed by atoms with van der Waals surface area (Å²) >= 11 is 6.08. The average molecular weight is 271 g/mol. The van der Waals surface area contributed by atoms with Crippen LogP contribution in [0, 0.1) is 5.82 Å². The third kappa shape index (κ3) is 3.44. The van der Waals surface area contributed by atoms with Gasteiger partial charge in [-0.1, -0.05) is 17.7 Å². The third-order valence-electron chi connectivity index (χ3n) is 3.54. The van der Waals surface area contributed by atoms with E-state index < -0.39 is 0 Å². The van der Waals surface area contributed by atoms with Crippen molar-refractivity contribution in [3.05, 3.63) is 34.6 Å². The van der Waals surface area contributed by atoms with Crippen LogP contribution in [0.3, 0.4) is 0 Å². The molecule has 2 unspecified atom stereocenters. The van der Waals surface area contributed by atoms with Crippen molar-refractivity contribution in [1.29, 1.82) is 0 Å². The molecule has 1 aliphatic rings. The van der Waals surface area contributed by atoms with E-state index in [2.05, 4.69) is 24.2 Å². The maximum Gasteiger partial charge on any atom is 0.124 e. The fourth-order valence-electron chi connectivity index (χ4n) is 2.60. The maximum absolute atomic E-state index is 13.0.